The van der Waals surface area contributed by atoms with E-state index in [9.17, 15) is 9.59 Å². The highest BCUT2D eigenvalue weighted by atomic mass is 16.2. The van der Waals surface area contributed by atoms with Crippen LogP contribution in [0.15, 0.2) is 11.6 Å². The molecular weight excluding hydrogens is 166 g/mol. The van der Waals surface area contributed by atoms with Gasteiger partial charge in [0.25, 0.3) is 0 Å². The van der Waals surface area contributed by atoms with E-state index in [4.69, 9.17) is 0 Å². The zero-order valence-corrected chi connectivity index (χ0v) is 7.88. The Kier molecular flexibility index (Phi) is 3.68. The number of hydrogen-bond acceptors (Lipinski definition) is 2. The van der Waals surface area contributed by atoms with Gasteiger partial charge in [-0.15, -0.1) is 0 Å². The van der Waals surface area contributed by atoms with Crippen molar-refractivity contribution in [3.63, 3.8) is 0 Å². The van der Waals surface area contributed by atoms with Crippen molar-refractivity contribution in [2.45, 2.75) is 38.6 Å². The molecule has 3 heteroatoms. The van der Waals surface area contributed by atoms with Gasteiger partial charge in [0.1, 0.15) is 6.29 Å². The molecule has 0 radical (unpaired) electrons. The van der Waals surface area contributed by atoms with Crippen LogP contribution in [0.2, 0.25) is 0 Å². The van der Waals surface area contributed by atoms with E-state index in [1.54, 1.807) is 6.92 Å². The molecule has 0 saturated heterocycles. The number of nitrogens with one attached hydrogen (secondary N) is 1. The van der Waals surface area contributed by atoms with Crippen molar-refractivity contribution < 1.29 is 9.59 Å². The largest absolute Gasteiger partial charge is 0.347 e. The summed E-state index contributed by atoms with van der Waals surface area (Å²) in [5.74, 6) is -0.0484. The van der Waals surface area contributed by atoms with Crippen LogP contribution >= 0.6 is 0 Å². The van der Waals surface area contributed by atoms with Crippen LogP contribution in [0.3, 0.4) is 0 Å². The van der Waals surface area contributed by atoms with Crippen LogP contribution in [0.4, 0.5) is 0 Å². The van der Waals surface area contributed by atoms with E-state index in [1.165, 1.54) is 5.57 Å². The van der Waals surface area contributed by atoms with Crippen molar-refractivity contribution in [2.24, 2.45) is 0 Å². The number of hydrogen-bond donors (Lipinski definition) is 1. The molecule has 0 unspecified atom stereocenters. The Balaban J connectivity index is 2.28. The minimum Gasteiger partial charge on any atom is -0.347 e. The molecule has 0 aromatic heterocycles. The molecule has 1 aliphatic rings. The van der Waals surface area contributed by atoms with Gasteiger partial charge in [0, 0.05) is 6.42 Å². The Hall–Kier alpha value is -1.12. The number of aldehydes is 1. The lowest BCUT2D eigenvalue weighted by molar-refractivity contribution is -0.123. The lowest BCUT2D eigenvalue weighted by atomic mass is 10.1. The molecule has 0 spiro atoms. The maximum absolute atomic E-state index is 11.3. The number of carbonyl (C=O) groups is 2. The Morgan fingerprint density at radius 1 is 1.77 bits per heavy atom. The molecule has 1 atom stereocenters. The van der Waals surface area contributed by atoms with Crippen molar-refractivity contribution >= 4 is 12.2 Å². The Labute approximate surface area is 78.2 Å². The summed E-state index contributed by atoms with van der Waals surface area (Å²) in [5, 5.41) is 2.61. The first kappa shape index (κ1) is 9.96. The number of rotatable bonds is 4. The molecule has 0 aliphatic heterocycles. The minimum absolute atomic E-state index is 0.0484. The summed E-state index contributed by atoms with van der Waals surface area (Å²) in [6, 6.07) is -0.366. The van der Waals surface area contributed by atoms with E-state index in [0.29, 0.717) is 6.42 Å². The highest BCUT2D eigenvalue weighted by Crippen LogP contribution is 2.20. The SMILES string of the molecule is C[C@@H](C=O)NC(=O)CC1=CCCC1. The number of amides is 1. The van der Waals surface area contributed by atoms with E-state index < -0.39 is 0 Å². The first-order valence-corrected chi connectivity index (χ1v) is 4.65. The van der Waals surface area contributed by atoms with Gasteiger partial charge < -0.3 is 10.1 Å². The summed E-state index contributed by atoms with van der Waals surface area (Å²) in [7, 11) is 0. The summed E-state index contributed by atoms with van der Waals surface area (Å²) in [4.78, 5) is 21.5. The van der Waals surface area contributed by atoms with E-state index >= 15 is 0 Å². The summed E-state index contributed by atoms with van der Waals surface area (Å²) in [6.45, 7) is 1.67. The molecule has 1 N–H and O–H groups in total. The molecule has 72 valence electrons. The number of allylic oxidation sites excluding steroid dienone is 1. The van der Waals surface area contributed by atoms with Crippen LogP contribution in [0.5, 0.6) is 0 Å². The quantitative estimate of drug-likeness (QED) is 0.523. The Bertz CT molecular complexity index is 233. The Morgan fingerprint density at radius 3 is 3.08 bits per heavy atom. The van der Waals surface area contributed by atoms with Crippen molar-refractivity contribution in [3.05, 3.63) is 11.6 Å². The first-order valence-electron chi connectivity index (χ1n) is 4.65. The lowest BCUT2D eigenvalue weighted by Crippen LogP contribution is -2.33. The normalized spacial score (nSPS) is 17.8. The summed E-state index contributed by atoms with van der Waals surface area (Å²) in [6.07, 6.45) is 6.59. The van der Waals surface area contributed by atoms with Crippen molar-refractivity contribution in [1.82, 2.24) is 5.32 Å². The van der Waals surface area contributed by atoms with Gasteiger partial charge in [0.2, 0.25) is 5.91 Å². The highest BCUT2D eigenvalue weighted by molar-refractivity contribution is 5.81. The summed E-state index contributed by atoms with van der Waals surface area (Å²) in [5.41, 5.74) is 1.20. The molecule has 0 fully saturated rings. The second-order valence-electron chi connectivity index (χ2n) is 3.42. The van der Waals surface area contributed by atoms with E-state index in [1.807, 2.05) is 0 Å². The van der Waals surface area contributed by atoms with Gasteiger partial charge in [0.15, 0.2) is 0 Å². The second-order valence-corrected chi connectivity index (χ2v) is 3.42. The van der Waals surface area contributed by atoms with E-state index in [-0.39, 0.29) is 11.9 Å². The van der Waals surface area contributed by atoms with E-state index in [2.05, 4.69) is 11.4 Å². The second kappa shape index (κ2) is 4.80. The van der Waals surface area contributed by atoms with Gasteiger partial charge >= 0.3 is 0 Å². The molecule has 3 nitrogen and oxygen atoms in total. The molecule has 13 heavy (non-hydrogen) atoms. The molecule has 0 aromatic carbocycles. The lowest BCUT2D eigenvalue weighted by Gasteiger charge is -2.07. The van der Waals surface area contributed by atoms with Gasteiger partial charge in [-0.3, -0.25) is 4.79 Å². The smallest absolute Gasteiger partial charge is 0.224 e. The fourth-order valence-electron chi connectivity index (χ4n) is 1.44. The monoisotopic (exact) mass is 181 g/mol. The van der Waals surface area contributed by atoms with Crippen LogP contribution < -0.4 is 5.32 Å². The molecule has 0 saturated carbocycles. The average molecular weight is 181 g/mol. The third-order valence-corrected chi connectivity index (χ3v) is 2.12. The van der Waals surface area contributed by atoms with Crippen LogP contribution in [-0.2, 0) is 9.59 Å². The average Bonchev–Trinajstić information content (AvgIpc) is 2.56. The number of carbonyl (C=O) groups excluding carboxylic acids is 2. The molecule has 1 amide bonds. The maximum Gasteiger partial charge on any atom is 0.224 e. The molecule has 1 aliphatic carbocycles. The molecule has 0 heterocycles. The standard InChI is InChI=1S/C10H15NO2/c1-8(7-12)11-10(13)6-9-4-2-3-5-9/h4,7-8H,2-3,5-6H2,1H3,(H,11,13)/t8-/m0/s1. The van der Waals surface area contributed by atoms with Gasteiger partial charge in [-0.25, -0.2) is 0 Å². The highest BCUT2D eigenvalue weighted by Gasteiger charge is 2.11. The zero-order chi connectivity index (χ0) is 9.68. The minimum atomic E-state index is -0.366. The predicted molar refractivity (Wildman–Crippen MR) is 50.2 cm³/mol. The van der Waals surface area contributed by atoms with Crippen molar-refractivity contribution in [2.75, 3.05) is 0 Å². The Morgan fingerprint density at radius 2 is 2.54 bits per heavy atom. The summed E-state index contributed by atoms with van der Waals surface area (Å²) >= 11 is 0. The molecule has 0 bridgehead atoms. The molecule has 1 rings (SSSR count). The van der Waals surface area contributed by atoms with Crippen molar-refractivity contribution in [1.29, 1.82) is 0 Å². The fraction of sp³-hybridized carbons (Fsp3) is 0.600. The van der Waals surface area contributed by atoms with Crippen LogP contribution in [0.25, 0.3) is 0 Å². The van der Waals surface area contributed by atoms with Crippen LogP contribution in [0, 0.1) is 0 Å². The predicted octanol–water partition coefficient (Wildman–Crippen LogP) is 1.19. The van der Waals surface area contributed by atoms with Crippen LogP contribution in [-0.4, -0.2) is 18.2 Å². The van der Waals surface area contributed by atoms with Gasteiger partial charge in [-0.2, -0.15) is 0 Å². The third-order valence-electron chi connectivity index (χ3n) is 2.12. The summed E-state index contributed by atoms with van der Waals surface area (Å²) < 4.78 is 0. The van der Waals surface area contributed by atoms with Crippen molar-refractivity contribution in [3.8, 4) is 0 Å². The van der Waals surface area contributed by atoms with Crippen LogP contribution in [0.1, 0.15) is 32.6 Å². The third kappa shape index (κ3) is 3.40. The van der Waals surface area contributed by atoms with Gasteiger partial charge in [0.05, 0.1) is 6.04 Å². The van der Waals surface area contributed by atoms with Gasteiger partial charge in [-0.1, -0.05) is 11.6 Å². The zero-order valence-electron chi connectivity index (χ0n) is 7.88. The van der Waals surface area contributed by atoms with Gasteiger partial charge in [-0.05, 0) is 26.2 Å². The molecule has 0 aromatic rings. The molecular formula is C10H15NO2. The topological polar surface area (TPSA) is 46.2 Å². The van der Waals surface area contributed by atoms with E-state index in [0.717, 1.165) is 25.5 Å². The fourth-order valence-corrected chi connectivity index (χ4v) is 1.44. The first-order chi connectivity index (χ1) is 6.22. The maximum atomic E-state index is 11.3.